The highest BCUT2D eigenvalue weighted by Crippen LogP contribution is 2.13. The first-order valence-corrected chi connectivity index (χ1v) is 7.37. The first kappa shape index (κ1) is 17.8. The molecule has 0 heterocycles. The average molecular weight is 308 g/mol. The van der Waals surface area contributed by atoms with Gasteiger partial charge in [0.25, 0.3) is 0 Å². The molecule has 22 heavy (non-hydrogen) atoms. The molecular weight excluding hydrogens is 284 g/mol. The fourth-order valence-corrected chi connectivity index (χ4v) is 1.98. The van der Waals surface area contributed by atoms with Crippen molar-refractivity contribution in [3.63, 3.8) is 0 Å². The van der Waals surface area contributed by atoms with Crippen molar-refractivity contribution >= 4 is 12.0 Å². The number of nitrogens with zero attached hydrogens (tertiary/aromatic N) is 1. The van der Waals surface area contributed by atoms with Gasteiger partial charge in [-0.1, -0.05) is 19.1 Å². The van der Waals surface area contributed by atoms with E-state index < -0.39 is 11.9 Å². The molecule has 6 heteroatoms. The molecule has 1 aromatic carbocycles. The number of carbonyl (C=O) groups is 2. The minimum atomic E-state index is -0.910. The van der Waals surface area contributed by atoms with Crippen LogP contribution in [-0.2, 0) is 11.2 Å². The van der Waals surface area contributed by atoms with Gasteiger partial charge in [0.1, 0.15) is 5.75 Å². The highest BCUT2D eigenvalue weighted by molar-refractivity contribution is 5.75. The van der Waals surface area contributed by atoms with Crippen LogP contribution < -0.4 is 10.1 Å². The van der Waals surface area contributed by atoms with Gasteiger partial charge in [-0.25, -0.2) is 4.79 Å². The molecule has 1 rings (SSSR count). The lowest BCUT2D eigenvalue weighted by Crippen LogP contribution is -2.41. The molecule has 2 N–H and O–H groups in total. The summed E-state index contributed by atoms with van der Waals surface area (Å²) in [5, 5.41) is 11.6. The van der Waals surface area contributed by atoms with Crippen molar-refractivity contribution in [2.45, 2.75) is 20.3 Å². The fraction of sp³-hybridized carbons (Fsp3) is 0.500. The maximum absolute atomic E-state index is 11.9. The number of aliphatic carboxylic acids is 1. The molecule has 122 valence electrons. The SMILES string of the molecule is CCOc1cccc(CCNC(=O)N(C)CC(C)C(=O)O)c1. The Morgan fingerprint density at radius 3 is 2.77 bits per heavy atom. The summed E-state index contributed by atoms with van der Waals surface area (Å²) in [7, 11) is 1.59. The van der Waals surface area contributed by atoms with Gasteiger partial charge in [0.05, 0.1) is 12.5 Å². The van der Waals surface area contributed by atoms with Crippen molar-refractivity contribution in [1.82, 2.24) is 10.2 Å². The smallest absolute Gasteiger partial charge is 0.317 e. The number of amides is 2. The van der Waals surface area contributed by atoms with Crippen LogP contribution in [0.1, 0.15) is 19.4 Å². The number of hydrogen-bond acceptors (Lipinski definition) is 3. The number of hydrogen-bond donors (Lipinski definition) is 2. The zero-order chi connectivity index (χ0) is 16.5. The summed E-state index contributed by atoms with van der Waals surface area (Å²) in [5.41, 5.74) is 1.08. The van der Waals surface area contributed by atoms with E-state index in [1.165, 1.54) is 4.90 Å². The van der Waals surface area contributed by atoms with Gasteiger partial charge in [-0.2, -0.15) is 0 Å². The van der Waals surface area contributed by atoms with Gasteiger partial charge in [-0.05, 0) is 31.0 Å². The van der Waals surface area contributed by atoms with Gasteiger partial charge in [-0.3, -0.25) is 4.79 Å². The third-order valence-corrected chi connectivity index (χ3v) is 3.22. The second kappa shape index (κ2) is 8.92. The molecular formula is C16H24N2O4. The van der Waals surface area contributed by atoms with E-state index in [2.05, 4.69) is 5.32 Å². The molecule has 0 aliphatic carbocycles. The van der Waals surface area contributed by atoms with Gasteiger partial charge in [0, 0.05) is 20.1 Å². The Bertz CT molecular complexity index is 505. The molecule has 1 atom stereocenters. The molecule has 0 bridgehead atoms. The zero-order valence-electron chi connectivity index (χ0n) is 13.3. The highest BCUT2D eigenvalue weighted by Gasteiger charge is 2.16. The normalized spacial score (nSPS) is 11.6. The second-order valence-electron chi connectivity index (χ2n) is 5.18. The van der Waals surface area contributed by atoms with Crippen LogP contribution in [0.25, 0.3) is 0 Å². The van der Waals surface area contributed by atoms with E-state index in [0.29, 0.717) is 19.6 Å². The van der Waals surface area contributed by atoms with Crippen molar-refractivity contribution in [2.24, 2.45) is 5.92 Å². The molecule has 0 fully saturated rings. The van der Waals surface area contributed by atoms with E-state index in [1.807, 2.05) is 31.2 Å². The van der Waals surface area contributed by atoms with Crippen LogP contribution in [0.15, 0.2) is 24.3 Å². The topological polar surface area (TPSA) is 78.9 Å². The van der Waals surface area contributed by atoms with Crippen LogP contribution in [0.2, 0.25) is 0 Å². The maximum atomic E-state index is 11.9. The van der Waals surface area contributed by atoms with Crippen molar-refractivity contribution in [3.05, 3.63) is 29.8 Å². The monoisotopic (exact) mass is 308 g/mol. The van der Waals surface area contributed by atoms with E-state index in [9.17, 15) is 9.59 Å². The van der Waals surface area contributed by atoms with Crippen LogP contribution in [-0.4, -0.2) is 48.8 Å². The van der Waals surface area contributed by atoms with Gasteiger partial charge in [0.2, 0.25) is 0 Å². The molecule has 0 saturated carbocycles. The largest absolute Gasteiger partial charge is 0.494 e. The number of carbonyl (C=O) groups excluding carboxylic acids is 1. The summed E-state index contributed by atoms with van der Waals surface area (Å²) >= 11 is 0. The third kappa shape index (κ3) is 6.03. The van der Waals surface area contributed by atoms with Crippen molar-refractivity contribution < 1.29 is 19.4 Å². The number of carboxylic acids is 1. The van der Waals surface area contributed by atoms with Crippen LogP contribution in [0.5, 0.6) is 5.75 Å². The molecule has 0 saturated heterocycles. The van der Waals surface area contributed by atoms with E-state index in [0.717, 1.165) is 11.3 Å². The number of carboxylic acid groups (broad SMARTS) is 1. The van der Waals surface area contributed by atoms with Crippen LogP contribution >= 0.6 is 0 Å². The van der Waals surface area contributed by atoms with Crippen LogP contribution in [0.3, 0.4) is 0 Å². The number of urea groups is 1. The third-order valence-electron chi connectivity index (χ3n) is 3.22. The minimum Gasteiger partial charge on any atom is -0.494 e. The minimum absolute atomic E-state index is 0.182. The molecule has 0 aliphatic heterocycles. The van der Waals surface area contributed by atoms with Gasteiger partial charge in [-0.15, -0.1) is 0 Å². The van der Waals surface area contributed by atoms with E-state index >= 15 is 0 Å². The van der Waals surface area contributed by atoms with Crippen molar-refractivity contribution in [3.8, 4) is 5.75 Å². The Labute approximate surface area is 131 Å². The maximum Gasteiger partial charge on any atom is 0.317 e. The zero-order valence-corrected chi connectivity index (χ0v) is 13.3. The average Bonchev–Trinajstić information content (AvgIpc) is 2.47. The number of nitrogens with one attached hydrogen (secondary N) is 1. The van der Waals surface area contributed by atoms with Crippen molar-refractivity contribution in [1.29, 1.82) is 0 Å². The van der Waals surface area contributed by atoms with Crippen molar-refractivity contribution in [2.75, 3.05) is 26.7 Å². The number of benzene rings is 1. The van der Waals surface area contributed by atoms with Crippen LogP contribution in [0, 0.1) is 5.92 Å². The van der Waals surface area contributed by atoms with Crippen LogP contribution in [0.4, 0.5) is 4.79 Å². The summed E-state index contributed by atoms with van der Waals surface area (Å²) in [6, 6.07) is 7.47. The molecule has 0 aromatic heterocycles. The fourth-order valence-electron chi connectivity index (χ4n) is 1.98. The summed E-state index contributed by atoms with van der Waals surface area (Å²) in [6.45, 7) is 4.79. The summed E-state index contributed by atoms with van der Waals surface area (Å²) in [4.78, 5) is 24.0. The molecule has 6 nitrogen and oxygen atoms in total. The van der Waals surface area contributed by atoms with Gasteiger partial charge >= 0.3 is 12.0 Å². The second-order valence-corrected chi connectivity index (χ2v) is 5.18. The van der Waals surface area contributed by atoms with Gasteiger partial charge < -0.3 is 20.1 Å². The predicted octanol–water partition coefficient (Wildman–Crippen LogP) is 1.99. The van der Waals surface area contributed by atoms with E-state index in [-0.39, 0.29) is 12.6 Å². The highest BCUT2D eigenvalue weighted by atomic mass is 16.5. The number of ether oxygens (including phenoxy) is 1. The Hall–Kier alpha value is -2.24. The summed E-state index contributed by atoms with van der Waals surface area (Å²) < 4.78 is 5.43. The Morgan fingerprint density at radius 2 is 2.14 bits per heavy atom. The molecule has 0 aliphatic rings. The quantitative estimate of drug-likeness (QED) is 0.770. The molecule has 0 spiro atoms. The molecule has 1 aromatic rings. The summed E-state index contributed by atoms with van der Waals surface area (Å²) in [5.74, 6) is -0.676. The lowest BCUT2D eigenvalue weighted by Gasteiger charge is -2.20. The Kier molecular flexibility index (Phi) is 7.22. The standard InChI is InChI=1S/C16H24N2O4/c1-4-22-14-7-5-6-13(10-14)8-9-17-16(21)18(3)11-12(2)15(19)20/h5-7,10,12H,4,8-9,11H2,1-3H3,(H,17,21)(H,19,20). The van der Waals surface area contributed by atoms with Gasteiger partial charge in [0.15, 0.2) is 0 Å². The Morgan fingerprint density at radius 1 is 1.41 bits per heavy atom. The lowest BCUT2D eigenvalue weighted by atomic mass is 10.1. The van der Waals surface area contributed by atoms with E-state index in [1.54, 1.807) is 14.0 Å². The first-order valence-electron chi connectivity index (χ1n) is 7.37. The number of rotatable bonds is 8. The predicted molar refractivity (Wildman–Crippen MR) is 84.1 cm³/mol. The lowest BCUT2D eigenvalue weighted by molar-refractivity contribution is -0.141. The first-order chi connectivity index (χ1) is 10.4. The van der Waals surface area contributed by atoms with E-state index in [4.69, 9.17) is 9.84 Å². The Balaban J connectivity index is 2.38. The molecule has 0 radical (unpaired) electrons. The molecule has 1 unspecified atom stereocenters. The molecule has 2 amide bonds. The summed E-state index contributed by atoms with van der Waals surface area (Å²) in [6.07, 6.45) is 0.689.